The zero-order valence-corrected chi connectivity index (χ0v) is 20.4. The summed E-state index contributed by atoms with van der Waals surface area (Å²) in [6, 6.07) is 15.8. The predicted octanol–water partition coefficient (Wildman–Crippen LogP) is 7.68. The van der Waals surface area contributed by atoms with Crippen molar-refractivity contribution in [3.05, 3.63) is 82.4 Å². The van der Waals surface area contributed by atoms with Gasteiger partial charge in [0, 0.05) is 11.0 Å². The Morgan fingerprint density at radius 3 is 2.30 bits per heavy atom. The highest BCUT2D eigenvalue weighted by molar-refractivity contribution is 6.31. The molecule has 8 rings (SSSR count). The molecule has 0 aliphatic heterocycles. The molecule has 2 heteroatoms. The predicted molar refractivity (Wildman–Crippen MR) is 135 cm³/mol. The summed E-state index contributed by atoms with van der Waals surface area (Å²) >= 11 is 6.40. The van der Waals surface area contributed by atoms with Gasteiger partial charge in [0.25, 0.3) is 0 Å². The van der Waals surface area contributed by atoms with E-state index < -0.39 is 5.60 Å². The maximum Gasteiger partial charge on any atom is 0.0958 e. The molecule has 33 heavy (non-hydrogen) atoms. The zero-order valence-electron chi connectivity index (χ0n) is 19.6. The van der Waals surface area contributed by atoms with Gasteiger partial charge in [-0.2, -0.15) is 0 Å². The van der Waals surface area contributed by atoms with Crippen LogP contribution in [0.25, 0.3) is 11.1 Å². The first-order valence-corrected chi connectivity index (χ1v) is 13.3. The van der Waals surface area contributed by atoms with Crippen molar-refractivity contribution < 1.29 is 5.11 Å². The Kier molecular flexibility index (Phi) is 4.27. The van der Waals surface area contributed by atoms with Crippen LogP contribution in [0.3, 0.4) is 0 Å². The SMILES string of the molecule is CC1(C)c2cc(-c3ccccc3C3(O)C4CC5CC(C4)CC3C5)ccc2C2C=C(Cl)C=CC21. The summed E-state index contributed by atoms with van der Waals surface area (Å²) in [4.78, 5) is 0. The first kappa shape index (κ1) is 20.5. The molecular formula is C31H33ClO. The molecule has 2 aromatic carbocycles. The molecule has 2 atom stereocenters. The molecule has 6 aliphatic rings. The standard InChI is InChI=1S/C31H33ClO/c1-30(2)27-10-8-23(32)17-26(27)25-9-7-20(16-29(25)30)24-5-3-4-6-28(24)31(33)21-12-18-11-19(14-21)15-22(31)13-18/h3-10,16-19,21-22,26-27,33H,11-15H2,1-2H3. The molecule has 0 aromatic heterocycles. The normalized spacial score (nSPS) is 39.3. The second kappa shape index (κ2) is 6.86. The molecule has 4 saturated carbocycles. The molecule has 0 spiro atoms. The van der Waals surface area contributed by atoms with Gasteiger partial charge in [0.15, 0.2) is 0 Å². The number of allylic oxidation sites excluding steroid dienone is 4. The lowest BCUT2D eigenvalue weighted by Crippen LogP contribution is -2.55. The summed E-state index contributed by atoms with van der Waals surface area (Å²) in [5, 5.41) is 13.2. The van der Waals surface area contributed by atoms with Gasteiger partial charge < -0.3 is 5.11 Å². The van der Waals surface area contributed by atoms with Crippen molar-refractivity contribution in [1.82, 2.24) is 0 Å². The lowest BCUT2D eigenvalue weighted by atomic mass is 9.48. The third kappa shape index (κ3) is 2.76. The van der Waals surface area contributed by atoms with Crippen molar-refractivity contribution in [2.75, 3.05) is 0 Å². The quantitative estimate of drug-likeness (QED) is 0.491. The average molecular weight is 457 g/mol. The fourth-order valence-electron chi connectivity index (χ4n) is 8.80. The van der Waals surface area contributed by atoms with E-state index in [1.807, 2.05) is 0 Å². The van der Waals surface area contributed by atoms with Crippen molar-refractivity contribution >= 4 is 11.6 Å². The van der Waals surface area contributed by atoms with Gasteiger partial charge in [-0.3, -0.25) is 0 Å². The Morgan fingerprint density at radius 2 is 1.58 bits per heavy atom. The Hall–Kier alpha value is -1.83. The lowest BCUT2D eigenvalue weighted by molar-refractivity contribution is -0.179. The number of hydrogen-bond donors (Lipinski definition) is 1. The first-order valence-electron chi connectivity index (χ1n) is 12.9. The first-order chi connectivity index (χ1) is 15.9. The number of rotatable bonds is 2. The number of aliphatic hydroxyl groups is 1. The second-order valence-corrected chi connectivity index (χ2v) is 12.6. The fraction of sp³-hybridized carbons (Fsp3) is 0.484. The maximum atomic E-state index is 12.4. The second-order valence-electron chi connectivity index (χ2n) is 12.2. The number of fused-ring (bicyclic) bond motifs is 3. The van der Waals surface area contributed by atoms with Crippen LogP contribution in [0.5, 0.6) is 0 Å². The van der Waals surface area contributed by atoms with Gasteiger partial charge in [-0.1, -0.05) is 80.1 Å². The van der Waals surface area contributed by atoms with Gasteiger partial charge in [0.1, 0.15) is 0 Å². The van der Waals surface area contributed by atoms with Gasteiger partial charge >= 0.3 is 0 Å². The van der Waals surface area contributed by atoms with Crippen molar-refractivity contribution in [3.63, 3.8) is 0 Å². The summed E-state index contributed by atoms with van der Waals surface area (Å²) in [6.07, 6.45) is 12.8. The number of halogens is 1. The van der Waals surface area contributed by atoms with E-state index in [9.17, 15) is 5.11 Å². The van der Waals surface area contributed by atoms with E-state index >= 15 is 0 Å². The Labute approximate surface area is 202 Å². The summed E-state index contributed by atoms with van der Waals surface area (Å²) in [6.45, 7) is 4.74. The van der Waals surface area contributed by atoms with Crippen LogP contribution in [0.1, 0.15) is 68.6 Å². The van der Waals surface area contributed by atoms with E-state index in [0.29, 0.717) is 23.7 Å². The molecule has 4 bridgehead atoms. The minimum absolute atomic E-state index is 0.0507. The van der Waals surface area contributed by atoms with Crippen LogP contribution in [-0.2, 0) is 11.0 Å². The van der Waals surface area contributed by atoms with Crippen LogP contribution >= 0.6 is 11.6 Å². The van der Waals surface area contributed by atoms with Crippen LogP contribution in [-0.4, -0.2) is 5.11 Å². The summed E-state index contributed by atoms with van der Waals surface area (Å²) in [5.41, 5.74) is 5.86. The monoisotopic (exact) mass is 456 g/mol. The van der Waals surface area contributed by atoms with Gasteiger partial charge in [-0.15, -0.1) is 0 Å². The van der Waals surface area contributed by atoms with E-state index in [-0.39, 0.29) is 5.41 Å². The van der Waals surface area contributed by atoms with E-state index in [1.165, 1.54) is 59.9 Å². The molecule has 6 aliphatic carbocycles. The highest BCUT2D eigenvalue weighted by atomic mass is 35.5. The Bertz CT molecular complexity index is 1170. The maximum absolute atomic E-state index is 12.4. The smallest absolute Gasteiger partial charge is 0.0958 e. The third-order valence-electron chi connectivity index (χ3n) is 10.2. The molecule has 1 nitrogen and oxygen atoms in total. The van der Waals surface area contributed by atoms with Gasteiger partial charge in [0.2, 0.25) is 0 Å². The molecule has 2 unspecified atom stereocenters. The highest BCUT2D eigenvalue weighted by Crippen LogP contribution is 2.63. The number of benzene rings is 2. The van der Waals surface area contributed by atoms with Gasteiger partial charge in [-0.05, 0) is 101 Å². The van der Waals surface area contributed by atoms with Crippen LogP contribution in [0.4, 0.5) is 0 Å². The van der Waals surface area contributed by atoms with Gasteiger partial charge in [-0.25, -0.2) is 0 Å². The zero-order chi connectivity index (χ0) is 22.5. The average Bonchev–Trinajstić information content (AvgIpc) is 3.02. The Morgan fingerprint density at radius 1 is 0.879 bits per heavy atom. The van der Waals surface area contributed by atoms with E-state index in [1.54, 1.807) is 0 Å². The molecule has 0 saturated heterocycles. The minimum atomic E-state index is -0.675. The van der Waals surface area contributed by atoms with E-state index in [2.05, 4.69) is 74.5 Å². The fourth-order valence-corrected chi connectivity index (χ4v) is 9.01. The molecule has 4 fully saturated rings. The molecule has 1 N–H and O–H groups in total. The molecule has 0 heterocycles. The van der Waals surface area contributed by atoms with E-state index in [0.717, 1.165) is 16.9 Å². The van der Waals surface area contributed by atoms with Crippen molar-refractivity contribution in [3.8, 4) is 11.1 Å². The van der Waals surface area contributed by atoms with Crippen LogP contribution in [0.2, 0.25) is 0 Å². The van der Waals surface area contributed by atoms with Crippen molar-refractivity contribution in [2.24, 2.45) is 29.6 Å². The largest absolute Gasteiger partial charge is 0.385 e. The topological polar surface area (TPSA) is 20.2 Å². The number of hydrogen-bond acceptors (Lipinski definition) is 1. The third-order valence-corrected chi connectivity index (χ3v) is 10.4. The summed E-state index contributed by atoms with van der Waals surface area (Å²) in [5.74, 6) is 3.32. The molecule has 0 amide bonds. The molecular weight excluding hydrogens is 424 g/mol. The highest BCUT2D eigenvalue weighted by Gasteiger charge is 2.57. The van der Waals surface area contributed by atoms with Crippen LogP contribution in [0, 0.1) is 29.6 Å². The van der Waals surface area contributed by atoms with Crippen LogP contribution < -0.4 is 0 Å². The molecule has 170 valence electrons. The van der Waals surface area contributed by atoms with Crippen molar-refractivity contribution in [2.45, 2.75) is 62.9 Å². The lowest BCUT2D eigenvalue weighted by Gasteiger charge is -2.59. The van der Waals surface area contributed by atoms with E-state index in [4.69, 9.17) is 11.6 Å². The minimum Gasteiger partial charge on any atom is -0.385 e. The van der Waals surface area contributed by atoms with Crippen molar-refractivity contribution in [1.29, 1.82) is 0 Å². The molecule has 2 aromatic rings. The summed E-state index contributed by atoms with van der Waals surface area (Å²) in [7, 11) is 0. The molecule has 0 radical (unpaired) electrons. The van der Waals surface area contributed by atoms with Crippen LogP contribution in [0.15, 0.2) is 65.7 Å². The Balaban J connectivity index is 1.35. The van der Waals surface area contributed by atoms with Gasteiger partial charge in [0.05, 0.1) is 5.60 Å². The summed E-state index contributed by atoms with van der Waals surface area (Å²) < 4.78 is 0.